The van der Waals surface area contributed by atoms with Gasteiger partial charge in [0.05, 0.1) is 5.54 Å². The number of rotatable bonds is 8. The summed E-state index contributed by atoms with van der Waals surface area (Å²) in [5.74, 6) is -2.41. The third kappa shape index (κ3) is 4.19. The number of carboxylic acid groups (broad SMARTS) is 2. The Morgan fingerprint density at radius 2 is 2.05 bits per heavy atom. The molecule has 0 aromatic heterocycles. The Balaban J connectivity index is 2.58. The minimum Gasteiger partial charge on any atom is -0.481 e. The highest BCUT2D eigenvalue weighted by atomic mass is 16.4. The fourth-order valence-electron chi connectivity index (χ4n) is 2.47. The summed E-state index contributed by atoms with van der Waals surface area (Å²) in [5, 5.41) is 23.3. The van der Waals surface area contributed by atoms with Crippen molar-refractivity contribution in [3.63, 3.8) is 0 Å². The van der Waals surface area contributed by atoms with Gasteiger partial charge in [-0.3, -0.25) is 9.59 Å². The van der Waals surface area contributed by atoms with Gasteiger partial charge in [0, 0.05) is 6.42 Å². The van der Waals surface area contributed by atoms with Crippen LogP contribution in [0.1, 0.15) is 45.4 Å². The van der Waals surface area contributed by atoms with Gasteiger partial charge in [0.25, 0.3) is 0 Å². The predicted molar refractivity (Wildman–Crippen MR) is 71.3 cm³/mol. The maximum atomic E-state index is 12.3. The molecule has 1 amide bonds. The van der Waals surface area contributed by atoms with Gasteiger partial charge in [-0.1, -0.05) is 6.92 Å². The normalized spacial score (nSPS) is 23.2. The second-order valence-electron chi connectivity index (χ2n) is 5.12. The fourth-order valence-corrected chi connectivity index (χ4v) is 2.47. The van der Waals surface area contributed by atoms with Crippen LogP contribution < -0.4 is 10.6 Å². The average molecular weight is 286 g/mol. The molecule has 1 rings (SSSR count). The van der Waals surface area contributed by atoms with Crippen molar-refractivity contribution in [1.82, 2.24) is 10.6 Å². The van der Waals surface area contributed by atoms with Gasteiger partial charge in [-0.05, 0) is 38.6 Å². The second-order valence-corrected chi connectivity index (χ2v) is 5.12. The number of hydrogen-bond acceptors (Lipinski definition) is 4. The molecule has 2 atom stereocenters. The minimum atomic E-state index is -1.13. The zero-order chi connectivity index (χ0) is 15.2. The molecule has 0 aromatic carbocycles. The first kappa shape index (κ1) is 16.4. The van der Waals surface area contributed by atoms with E-state index in [0.29, 0.717) is 12.8 Å². The third-order valence-electron chi connectivity index (χ3n) is 3.77. The Hall–Kier alpha value is -1.63. The molecule has 7 heteroatoms. The van der Waals surface area contributed by atoms with Crippen molar-refractivity contribution >= 4 is 17.8 Å². The molecule has 1 fully saturated rings. The first-order chi connectivity index (χ1) is 9.41. The Bertz CT molecular complexity index is 377. The van der Waals surface area contributed by atoms with E-state index in [0.717, 1.165) is 13.0 Å². The molecule has 114 valence electrons. The molecule has 4 N–H and O–H groups in total. The van der Waals surface area contributed by atoms with E-state index < -0.39 is 23.5 Å². The van der Waals surface area contributed by atoms with Crippen LogP contribution >= 0.6 is 0 Å². The Kier molecular flexibility index (Phi) is 5.94. The predicted octanol–water partition coefficient (Wildman–Crippen LogP) is 0.343. The van der Waals surface area contributed by atoms with Crippen molar-refractivity contribution in [1.29, 1.82) is 0 Å². The number of nitrogens with one attached hydrogen (secondary N) is 2. The van der Waals surface area contributed by atoms with Crippen molar-refractivity contribution < 1.29 is 24.6 Å². The summed E-state index contributed by atoms with van der Waals surface area (Å²) in [6.07, 6.45) is 2.41. The van der Waals surface area contributed by atoms with Gasteiger partial charge in [-0.2, -0.15) is 0 Å². The highest BCUT2D eigenvalue weighted by Crippen LogP contribution is 2.23. The molecule has 0 aliphatic carbocycles. The van der Waals surface area contributed by atoms with E-state index in [2.05, 4.69) is 10.6 Å². The lowest BCUT2D eigenvalue weighted by Crippen LogP contribution is -2.56. The quantitative estimate of drug-likeness (QED) is 0.511. The van der Waals surface area contributed by atoms with E-state index in [-0.39, 0.29) is 25.2 Å². The number of carboxylic acids is 2. The van der Waals surface area contributed by atoms with Crippen molar-refractivity contribution in [3.8, 4) is 0 Å². The van der Waals surface area contributed by atoms with Gasteiger partial charge in [-0.25, -0.2) is 4.79 Å². The van der Waals surface area contributed by atoms with Crippen LogP contribution in [0.3, 0.4) is 0 Å². The summed E-state index contributed by atoms with van der Waals surface area (Å²) >= 11 is 0. The number of aliphatic carboxylic acids is 2. The monoisotopic (exact) mass is 286 g/mol. The van der Waals surface area contributed by atoms with Crippen LogP contribution in [0.15, 0.2) is 0 Å². The van der Waals surface area contributed by atoms with Crippen LogP contribution in [0.4, 0.5) is 0 Å². The lowest BCUT2D eigenvalue weighted by molar-refractivity contribution is -0.143. The van der Waals surface area contributed by atoms with Crippen molar-refractivity contribution in [2.75, 3.05) is 6.54 Å². The first-order valence-electron chi connectivity index (χ1n) is 6.92. The van der Waals surface area contributed by atoms with Crippen LogP contribution in [0, 0.1) is 0 Å². The Morgan fingerprint density at radius 1 is 1.35 bits per heavy atom. The van der Waals surface area contributed by atoms with Gasteiger partial charge in [0.2, 0.25) is 5.91 Å². The van der Waals surface area contributed by atoms with Crippen LogP contribution in [0.5, 0.6) is 0 Å². The molecule has 7 nitrogen and oxygen atoms in total. The number of carbonyl (C=O) groups excluding carboxylic acids is 1. The molecule has 1 saturated heterocycles. The Labute approximate surface area is 117 Å². The van der Waals surface area contributed by atoms with Crippen molar-refractivity contribution in [2.24, 2.45) is 0 Å². The number of amides is 1. The molecule has 1 aliphatic rings. The Morgan fingerprint density at radius 3 is 2.50 bits per heavy atom. The van der Waals surface area contributed by atoms with E-state index in [1.54, 1.807) is 0 Å². The average Bonchev–Trinajstić information content (AvgIpc) is 2.86. The summed E-state index contributed by atoms with van der Waals surface area (Å²) < 4.78 is 0. The van der Waals surface area contributed by atoms with Crippen LogP contribution in [-0.4, -0.2) is 46.2 Å². The molecule has 20 heavy (non-hydrogen) atoms. The minimum absolute atomic E-state index is 0.100. The lowest BCUT2D eigenvalue weighted by atomic mass is 9.92. The van der Waals surface area contributed by atoms with Crippen LogP contribution in [0.25, 0.3) is 0 Å². The molecule has 0 aromatic rings. The standard InChI is InChI=1S/C13H22N2O5/c1-2-13(7-4-8-14-13)12(20)15-9(11(18)19)5-3-6-10(16)17/h9,14H,2-8H2,1H3,(H,15,20)(H,16,17)(H,18,19)/t9-,13?/m1/s1. The topological polar surface area (TPSA) is 116 Å². The van der Waals surface area contributed by atoms with E-state index in [1.165, 1.54) is 0 Å². The maximum Gasteiger partial charge on any atom is 0.326 e. The lowest BCUT2D eigenvalue weighted by Gasteiger charge is -2.28. The molecule has 0 radical (unpaired) electrons. The maximum absolute atomic E-state index is 12.3. The first-order valence-corrected chi connectivity index (χ1v) is 6.92. The summed E-state index contributed by atoms with van der Waals surface area (Å²) in [6.45, 7) is 2.64. The van der Waals surface area contributed by atoms with Crippen molar-refractivity contribution in [3.05, 3.63) is 0 Å². The van der Waals surface area contributed by atoms with Gasteiger partial charge in [0.15, 0.2) is 0 Å². The summed E-state index contributed by atoms with van der Waals surface area (Å²) in [5.41, 5.74) is -0.680. The van der Waals surface area contributed by atoms with E-state index in [4.69, 9.17) is 10.2 Å². The van der Waals surface area contributed by atoms with Crippen molar-refractivity contribution in [2.45, 2.75) is 57.0 Å². The highest BCUT2D eigenvalue weighted by molar-refractivity contribution is 5.90. The molecule has 1 unspecified atom stereocenters. The van der Waals surface area contributed by atoms with E-state index in [9.17, 15) is 14.4 Å². The number of hydrogen-bond donors (Lipinski definition) is 4. The van der Waals surface area contributed by atoms with E-state index in [1.807, 2.05) is 6.92 Å². The summed E-state index contributed by atoms with van der Waals surface area (Å²) in [6, 6.07) is -1.03. The molecule has 0 spiro atoms. The zero-order valence-corrected chi connectivity index (χ0v) is 11.6. The molecular formula is C13H22N2O5. The molecule has 0 saturated carbocycles. The molecule has 0 bridgehead atoms. The molecule has 1 heterocycles. The SMILES string of the molecule is CCC1(C(=O)N[C@H](CCCC(=O)O)C(=O)O)CCCN1. The van der Waals surface area contributed by atoms with Gasteiger partial charge >= 0.3 is 11.9 Å². The smallest absolute Gasteiger partial charge is 0.326 e. The van der Waals surface area contributed by atoms with E-state index >= 15 is 0 Å². The summed E-state index contributed by atoms with van der Waals surface area (Å²) in [4.78, 5) is 33.8. The summed E-state index contributed by atoms with van der Waals surface area (Å²) in [7, 11) is 0. The largest absolute Gasteiger partial charge is 0.481 e. The van der Waals surface area contributed by atoms with Crippen LogP contribution in [0.2, 0.25) is 0 Å². The van der Waals surface area contributed by atoms with Gasteiger partial charge in [0.1, 0.15) is 6.04 Å². The molecular weight excluding hydrogens is 264 g/mol. The fraction of sp³-hybridized carbons (Fsp3) is 0.769. The van der Waals surface area contributed by atoms with Crippen LogP contribution in [-0.2, 0) is 14.4 Å². The second kappa shape index (κ2) is 7.23. The highest BCUT2D eigenvalue weighted by Gasteiger charge is 2.40. The number of carbonyl (C=O) groups is 3. The zero-order valence-electron chi connectivity index (χ0n) is 11.6. The van der Waals surface area contributed by atoms with Gasteiger partial charge < -0.3 is 20.8 Å². The third-order valence-corrected chi connectivity index (χ3v) is 3.77. The van der Waals surface area contributed by atoms with Gasteiger partial charge in [-0.15, -0.1) is 0 Å². The molecule has 1 aliphatic heterocycles.